The molecule has 2 nitrogen and oxygen atoms in total. The monoisotopic (exact) mass is 272 g/mol. The molecule has 1 fully saturated rings. The lowest BCUT2D eigenvalue weighted by Crippen LogP contribution is -2.43. The van der Waals surface area contributed by atoms with Crippen molar-refractivity contribution in [2.75, 3.05) is 31.1 Å². The maximum Gasteiger partial charge on any atom is 0.0484 e. The van der Waals surface area contributed by atoms with Gasteiger partial charge in [0.25, 0.3) is 0 Å². The van der Waals surface area contributed by atoms with Gasteiger partial charge in [0.05, 0.1) is 0 Å². The number of benzene rings is 2. The number of nitrogens with one attached hydrogen (secondary N) is 1. The van der Waals surface area contributed by atoms with Gasteiger partial charge in [-0.1, -0.05) is 41.9 Å². The predicted molar refractivity (Wildman–Crippen MR) is 82.0 cm³/mol. The largest absolute Gasteiger partial charge is 0.369 e. The first-order valence-corrected chi connectivity index (χ1v) is 7.03. The highest BCUT2D eigenvalue weighted by molar-refractivity contribution is 6.33. The van der Waals surface area contributed by atoms with Crippen LogP contribution in [0.3, 0.4) is 0 Å². The lowest BCUT2D eigenvalue weighted by atomic mass is 10.1. The summed E-state index contributed by atoms with van der Waals surface area (Å²) in [7, 11) is 0. The Morgan fingerprint density at radius 3 is 2.26 bits per heavy atom. The molecule has 3 heteroatoms. The second-order valence-corrected chi connectivity index (χ2v) is 5.17. The summed E-state index contributed by atoms with van der Waals surface area (Å²) in [5.74, 6) is 0. The summed E-state index contributed by atoms with van der Waals surface area (Å²) in [4.78, 5) is 2.41. The van der Waals surface area contributed by atoms with Gasteiger partial charge in [-0.2, -0.15) is 0 Å². The number of halogens is 1. The summed E-state index contributed by atoms with van der Waals surface area (Å²) >= 11 is 6.23. The highest BCUT2D eigenvalue weighted by Crippen LogP contribution is 2.29. The lowest BCUT2D eigenvalue weighted by molar-refractivity contribution is 0.589. The smallest absolute Gasteiger partial charge is 0.0484 e. The van der Waals surface area contributed by atoms with E-state index in [9.17, 15) is 0 Å². The molecule has 2 aromatic carbocycles. The molecule has 3 rings (SSSR count). The molecule has 19 heavy (non-hydrogen) atoms. The summed E-state index contributed by atoms with van der Waals surface area (Å²) in [5.41, 5.74) is 3.55. The highest BCUT2D eigenvalue weighted by atomic mass is 35.5. The van der Waals surface area contributed by atoms with Crippen molar-refractivity contribution >= 4 is 17.3 Å². The van der Waals surface area contributed by atoms with E-state index in [0.29, 0.717) is 0 Å². The van der Waals surface area contributed by atoms with Gasteiger partial charge >= 0.3 is 0 Å². The van der Waals surface area contributed by atoms with Crippen LogP contribution in [0.5, 0.6) is 0 Å². The van der Waals surface area contributed by atoms with Crippen molar-refractivity contribution in [2.45, 2.75) is 0 Å². The average Bonchev–Trinajstić information content (AvgIpc) is 2.49. The van der Waals surface area contributed by atoms with Crippen LogP contribution >= 0.6 is 11.6 Å². The fourth-order valence-electron chi connectivity index (χ4n) is 2.47. The Morgan fingerprint density at radius 1 is 0.895 bits per heavy atom. The molecule has 98 valence electrons. The van der Waals surface area contributed by atoms with Crippen molar-refractivity contribution in [1.82, 2.24) is 5.32 Å². The molecular formula is C16H17ClN2. The molecule has 0 spiro atoms. The number of hydrogen-bond donors (Lipinski definition) is 1. The molecular weight excluding hydrogens is 256 g/mol. The van der Waals surface area contributed by atoms with E-state index >= 15 is 0 Å². The Hall–Kier alpha value is -1.51. The first-order valence-electron chi connectivity index (χ1n) is 6.65. The molecule has 0 atom stereocenters. The van der Waals surface area contributed by atoms with Crippen LogP contribution in [0.2, 0.25) is 5.02 Å². The van der Waals surface area contributed by atoms with Gasteiger partial charge in [0.15, 0.2) is 0 Å². The van der Waals surface area contributed by atoms with E-state index in [1.165, 1.54) is 11.3 Å². The average molecular weight is 273 g/mol. The molecule has 1 N–H and O–H groups in total. The van der Waals surface area contributed by atoms with Crippen LogP contribution in [0.1, 0.15) is 0 Å². The predicted octanol–water partition coefficient (Wildman–Crippen LogP) is 3.42. The van der Waals surface area contributed by atoms with Crippen molar-refractivity contribution in [3.8, 4) is 11.1 Å². The number of anilines is 1. The molecule has 0 aromatic heterocycles. The van der Waals surface area contributed by atoms with Gasteiger partial charge in [-0.05, 0) is 23.8 Å². The minimum Gasteiger partial charge on any atom is -0.369 e. The van der Waals surface area contributed by atoms with Gasteiger partial charge in [-0.3, -0.25) is 0 Å². The molecule has 0 unspecified atom stereocenters. The van der Waals surface area contributed by atoms with Gasteiger partial charge in [-0.25, -0.2) is 0 Å². The van der Waals surface area contributed by atoms with Gasteiger partial charge < -0.3 is 10.2 Å². The Labute approximate surface area is 119 Å². The lowest BCUT2D eigenvalue weighted by Gasteiger charge is -2.29. The van der Waals surface area contributed by atoms with Crippen LogP contribution < -0.4 is 10.2 Å². The van der Waals surface area contributed by atoms with Crippen molar-refractivity contribution in [3.63, 3.8) is 0 Å². The van der Waals surface area contributed by atoms with Crippen molar-refractivity contribution in [1.29, 1.82) is 0 Å². The van der Waals surface area contributed by atoms with Crippen LogP contribution in [0.15, 0.2) is 48.5 Å². The van der Waals surface area contributed by atoms with Gasteiger partial charge in [0.1, 0.15) is 0 Å². The van der Waals surface area contributed by atoms with Crippen LogP contribution in [-0.4, -0.2) is 26.2 Å². The molecule has 2 aromatic rings. The quantitative estimate of drug-likeness (QED) is 0.901. The van der Waals surface area contributed by atoms with Crippen LogP contribution in [-0.2, 0) is 0 Å². The van der Waals surface area contributed by atoms with E-state index in [1.54, 1.807) is 0 Å². The minimum atomic E-state index is 0.803. The Morgan fingerprint density at radius 2 is 1.58 bits per heavy atom. The number of nitrogens with zero attached hydrogens (tertiary/aromatic N) is 1. The minimum absolute atomic E-state index is 0.803. The summed E-state index contributed by atoms with van der Waals surface area (Å²) in [6.07, 6.45) is 0. The zero-order chi connectivity index (χ0) is 13.1. The van der Waals surface area contributed by atoms with Crippen molar-refractivity contribution in [3.05, 3.63) is 53.6 Å². The maximum atomic E-state index is 6.23. The maximum absolute atomic E-state index is 6.23. The van der Waals surface area contributed by atoms with E-state index < -0.39 is 0 Å². The fraction of sp³-hybridized carbons (Fsp3) is 0.250. The first kappa shape index (κ1) is 12.5. The second kappa shape index (κ2) is 5.64. The van der Waals surface area contributed by atoms with E-state index in [-0.39, 0.29) is 0 Å². The molecule has 0 aliphatic carbocycles. The van der Waals surface area contributed by atoms with E-state index in [4.69, 9.17) is 11.6 Å². The molecule has 0 saturated carbocycles. The molecule has 1 aliphatic rings. The zero-order valence-corrected chi connectivity index (χ0v) is 11.5. The summed E-state index contributed by atoms with van der Waals surface area (Å²) < 4.78 is 0. The summed E-state index contributed by atoms with van der Waals surface area (Å²) in [5, 5.41) is 4.17. The van der Waals surface area contributed by atoms with Crippen molar-refractivity contribution in [2.24, 2.45) is 0 Å². The SMILES string of the molecule is Clc1ccccc1-c1ccc(N2CCNCC2)cc1. The van der Waals surface area contributed by atoms with Crippen LogP contribution in [0.25, 0.3) is 11.1 Å². The fourth-order valence-corrected chi connectivity index (χ4v) is 2.72. The molecule has 1 saturated heterocycles. The topological polar surface area (TPSA) is 15.3 Å². The third kappa shape index (κ3) is 2.75. The van der Waals surface area contributed by atoms with E-state index in [2.05, 4.69) is 40.5 Å². The third-order valence-electron chi connectivity index (χ3n) is 3.53. The molecule has 0 bridgehead atoms. The van der Waals surface area contributed by atoms with Gasteiger partial charge in [0, 0.05) is 42.5 Å². The van der Waals surface area contributed by atoms with Crippen LogP contribution in [0, 0.1) is 0 Å². The zero-order valence-electron chi connectivity index (χ0n) is 10.8. The number of hydrogen-bond acceptors (Lipinski definition) is 2. The molecule has 1 heterocycles. The molecule has 0 radical (unpaired) electrons. The Bertz CT molecular complexity index is 545. The normalized spacial score (nSPS) is 15.5. The second-order valence-electron chi connectivity index (χ2n) is 4.76. The molecule has 0 amide bonds. The highest BCUT2D eigenvalue weighted by Gasteiger charge is 2.10. The van der Waals surface area contributed by atoms with E-state index in [1.807, 2.05) is 18.2 Å². The van der Waals surface area contributed by atoms with Gasteiger partial charge in [-0.15, -0.1) is 0 Å². The van der Waals surface area contributed by atoms with Crippen LogP contribution in [0.4, 0.5) is 5.69 Å². The first-order chi connectivity index (χ1) is 9.34. The standard InChI is InChI=1S/C16H17ClN2/c17-16-4-2-1-3-15(16)13-5-7-14(8-6-13)19-11-9-18-10-12-19/h1-8,18H,9-12H2. The van der Waals surface area contributed by atoms with Crippen molar-refractivity contribution < 1.29 is 0 Å². The summed E-state index contributed by atoms with van der Waals surface area (Å²) in [6.45, 7) is 4.27. The Kier molecular flexibility index (Phi) is 3.72. The summed E-state index contributed by atoms with van der Waals surface area (Å²) in [6, 6.07) is 16.6. The number of piperazine rings is 1. The number of rotatable bonds is 2. The van der Waals surface area contributed by atoms with Gasteiger partial charge in [0.2, 0.25) is 0 Å². The third-order valence-corrected chi connectivity index (χ3v) is 3.86. The molecule has 1 aliphatic heterocycles. The van der Waals surface area contributed by atoms with E-state index in [0.717, 1.165) is 36.8 Å². The Balaban J connectivity index is 1.84.